The van der Waals surface area contributed by atoms with Crippen LogP contribution in [0.2, 0.25) is 0 Å². The highest BCUT2D eigenvalue weighted by Crippen LogP contribution is 2.41. The molecule has 4 atom stereocenters. The summed E-state index contributed by atoms with van der Waals surface area (Å²) in [6, 6.07) is 15.7. The Morgan fingerprint density at radius 3 is 2.13 bits per heavy atom. The topological polar surface area (TPSA) is 104 Å². The maximum absolute atomic E-state index is 12.9. The molecule has 0 unspecified atom stereocenters. The Hall–Kier alpha value is -3.48. The van der Waals surface area contributed by atoms with Gasteiger partial charge in [0.2, 0.25) is 5.91 Å². The summed E-state index contributed by atoms with van der Waals surface area (Å²) >= 11 is 0. The van der Waals surface area contributed by atoms with Crippen LogP contribution in [0.25, 0.3) is 0 Å². The fourth-order valence-corrected chi connectivity index (χ4v) is 4.30. The quantitative estimate of drug-likeness (QED) is 0.747. The largest absolute Gasteiger partial charge is 0.478 e. The highest BCUT2D eigenvalue weighted by atomic mass is 16.4. The molecular weight excluding hydrogens is 396 g/mol. The van der Waals surface area contributed by atoms with Crippen molar-refractivity contribution in [2.24, 2.45) is 11.8 Å². The van der Waals surface area contributed by atoms with Gasteiger partial charge in [0.05, 0.1) is 11.5 Å². The molecule has 7 nitrogen and oxygen atoms in total. The van der Waals surface area contributed by atoms with E-state index in [0.717, 1.165) is 6.42 Å². The van der Waals surface area contributed by atoms with Crippen molar-refractivity contribution < 1.29 is 24.3 Å². The van der Waals surface area contributed by atoms with Crippen molar-refractivity contribution in [3.63, 3.8) is 0 Å². The molecule has 1 heterocycles. The molecule has 1 saturated heterocycles. The number of benzene rings is 2. The molecule has 2 fully saturated rings. The van der Waals surface area contributed by atoms with Crippen LogP contribution >= 0.6 is 0 Å². The zero-order valence-electron chi connectivity index (χ0n) is 17.2. The lowest BCUT2D eigenvalue weighted by atomic mass is 9.92. The lowest BCUT2D eigenvalue weighted by molar-refractivity contribution is -0.131. The highest BCUT2D eigenvalue weighted by Gasteiger charge is 2.45. The minimum atomic E-state index is -1.07. The number of hydrogen-bond acceptors (Lipinski definition) is 4. The standard InChI is InChI=1S/C24H24N2O5/c1-14(27)19-12-26(23(29)16-7-9-17(10-8-16)24(30)31)13-20(19)22(28)25-21-11-18(21)15-5-3-2-4-6-15/h2-10,18-21H,11-13H2,1H3,(H,25,28)(H,30,31)/t18-,19+,20-,21+/m0/s1. The van der Waals surface area contributed by atoms with Gasteiger partial charge < -0.3 is 15.3 Å². The molecule has 7 heteroatoms. The number of likely N-dealkylation sites (tertiary alicyclic amines) is 1. The monoisotopic (exact) mass is 420 g/mol. The van der Waals surface area contributed by atoms with Gasteiger partial charge in [-0.05, 0) is 43.2 Å². The molecule has 0 bridgehead atoms. The van der Waals surface area contributed by atoms with Crippen molar-refractivity contribution in [1.29, 1.82) is 0 Å². The van der Waals surface area contributed by atoms with Gasteiger partial charge >= 0.3 is 5.97 Å². The second kappa shape index (κ2) is 8.34. The first-order valence-corrected chi connectivity index (χ1v) is 10.3. The van der Waals surface area contributed by atoms with Gasteiger partial charge in [0, 0.05) is 36.5 Å². The zero-order valence-corrected chi connectivity index (χ0v) is 17.2. The van der Waals surface area contributed by atoms with Crippen LogP contribution in [-0.2, 0) is 9.59 Å². The van der Waals surface area contributed by atoms with Crippen LogP contribution in [0.3, 0.4) is 0 Å². The second-order valence-electron chi connectivity index (χ2n) is 8.28. The molecule has 0 aromatic heterocycles. The van der Waals surface area contributed by atoms with Gasteiger partial charge in [-0.15, -0.1) is 0 Å². The number of rotatable bonds is 6. The van der Waals surface area contributed by atoms with Crippen molar-refractivity contribution >= 4 is 23.6 Å². The van der Waals surface area contributed by atoms with Crippen LogP contribution in [0, 0.1) is 11.8 Å². The number of carbonyl (C=O) groups is 4. The van der Waals surface area contributed by atoms with E-state index in [9.17, 15) is 19.2 Å². The maximum Gasteiger partial charge on any atom is 0.335 e. The van der Waals surface area contributed by atoms with Crippen molar-refractivity contribution in [3.05, 3.63) is 71.3 Å². The van der Waals surface area contributed by atoms with Crippen molar-refractivity contribution in [1.82, 2.24) is 10.2 Å². The minimum absolute atomic E-state index is 0.0517. The van der Waals surface area contributed by atoms with Gasteiger partial charge in [-0.25, -0.2) is 4.79 Å². The number of carboxylic acids is 1. The Morgan fingerprint density at radius 2 is 1.52 bits per heavy atom. The summed E-state index contributed by atoms with van der Waals surface area (Å²) in [5.41, 5.74) is 1.61. The zero-order chi connectivity index (χ0) is 22.1. The molecule has 0 spiro atoms. The van der Waals surface area contributed by atoms with Crippen LogP contribution in [0.4, 0.5) is 0 Å². The number of ketones is 1. The molecule has 4 rings (SSSR count). The van der Waals surface area contributed by atoms with Crippen LogP contribution in [-0.4, -0.2) is 52.7 Å². The summed E-state index contributed by atoms with van der Waals surface area (Å²) < 4.78 is 0. The third-order valence-electron chi connectivity index (χ3n) is 6.19. The molecule has 31 heavy (non-hydrogen) atoms. The molecule has 1 saturated carbocycles. The summed E-state index contributed by atoms with van der Waals surface area (Å²) in [4.78, 5) is 50.5. The lowest BCUT2D eigenvalue weighted by Gasteiger charge is -2.16. The maximum atomic E-state index is 12.9. The second-order valence-corrected chi connectivity index (χ2v) is 8.28. The SMILES string of the molecule is CC(=O)[C@H]1CN(C(=O)c2ccc(C(=O)O)cc2)C[C@@H]1C(=O)N[C@@H]1C[C@H]1c1ccccc1. The molecule has 0 radical (unpaired) electrons. The predicted octanol–water partition coefficient (Wildman–Crippen LogP) is 2.33. The van der Waals surface area contributed by atoms with E-state index >= 15 is 0 Å². The Balaban J connectivity index is 1.42. The van der Waals surface area contributed by atoms with Crippen molar-refractivity contribution in [2.75, 3.05) is 13.1 Å². The van der Waals surface area contributed by atoms with E-state index in [1.54, 1.807) is 0 Å². The number of nitrogens with zero attached hydrogens (tertiary/aromatic N) is 1. The average molecular weight is 420 g/mol. The van der Waals surface area contributed by atoms with E-state index in [0.29, 0.717) is 5.56 Å². The first-order chi connectivity index (χ1) is 14.8. The first kappa shape index (κ1) is 20.8. The van der Waals surface area contributed by atoms with Gasteiger partial charge in [-0.2, -0.15) is 0 Å². The fraction of sp³-hybridized carbons (Fsp3) is 0.333. The summed E-state index contributed by atoms with van der Waals surface area (Å²) in [5.74, 6) is -2.54. The number of nitrogens with one attached hydrogen (secondary N) is 1. The number of amides is 2. The molecule has 2 aromatic carbocycles. The molecule has 2 aliphatic rings. The van der Waals surface area contributed by atoms with Crippen LogP contribution in [0.15, 0.2) is 54.6 Å². The Kier molecular flexibility index (Phi) is 5.59. The van der Waals surface area contributed by atoms with Crippen molar-refractivity contribution in [3.8, 4) is 0 Å². The molecule has 1 aliphatic heterocycles. The summed E-state index contributed by atoms with van der Waals surface area (Å²) in [5, 5.41) is 12.1. The first-order valence-electron chi connectivity index (χ1n) is 10.3. The minimum Gasteiger partial charge on any atom is -0.478 e. The smallest absolute Gasteiger partial charge is 0.335 e. The molecule has 2 aromatic rings. The Morgan fingerprint density at radius 1 is 0.903 bits per heavy atom. The summed E-state index contributed by atoms with van der Waals surface area (Å²) in [6.07, 6.45) is 0.867. The molecule has 160 valence electrons. The Bertz CT molecular complexity index is 1020. The third-order valence-corrected chi connectivity index (χ3v) is 6.19. The van der Waals surface area contributed by atoms with Crippen LogP contribution in [0.1, 0.15) is 45.5 Å². The van der Waals surface area contributed by atoms with E-state index < -0.39 is 17.8 Å². The van der Waals surface area contributed by atoms with Crippen molar-refractivity contribution in [2.45, 2.75) is 25.3 Å². The van der Waals surface area contributed by atoms with Gasteiger partial charge in [0.1, 0.15) is 5.78 Å². The van der Waals surface area contributed by atoms with Crippen LogP contribution < -0.4 is 5.32 Å². The number of carbonyl (C=O) groups excluding carboxylic acids is 3. The predicted molar refractivity (Wildman–Crippen MR) is 113 cm³/mol. The van der Waals surface area contributed by atoms with Crippen LogP contribution in [0.5, 0.6) is 0 Å². The van der Waals surface area contributed by atoms with E-state index in [1.807, 2.05) is 30.3 Å². The van der Waals surface area contributed by atoms with Gasteiger partial charge in [0.25, 0.3) is 5.91 Å². The van der Waals surface area contributed by atoms with Gasteiger partial charge in [-0.1, -0.05) is 30.3 Å². The lowest BCUT2D eigenvalue weighted by Crippen LogP contribution is -2.38. The number of Topliss-reactive ketones (excluding diaryl/α,β-unsaturated/α-hetero) is 1. The van der Waals surface area contributed by atoms with Gasteiger partial charge in [-0.3, -0.25) is 14.4 Å². The van der Waals surface area contributed by atoms with E-state index in [4.69, 9.17) is 5.11 Å². The highest BCUT2D eigenvalue weighted by molar-refractivity contribution is 5.98. The van der Waals surface area contributed by atoms with E-state index in [2.05, 4.69) is 5.32 Å². The molecular formula is C24H24N2O5. The van der Waals surface area contributed by atoms with Gasteiger partial charge in [0.15, 0.2) is 0 Å². The summed E-state index contributed by atoms with van der Waals surface area (Å²) in [7, 11) is 0. The molecule has 2 N–H and O–H groups in total. The molecule has 2 amide bonds. The number of carboxylic acid groups (broad SMARTS) is 1. The number of aromatic carboxylic acids is 1. The fourth-order valence-electron chi connectivity index (χ4n) is 4.30. The normalized spacial score (nSPS) is 24.5. The van der Waals surface area contributed by atoms with E-state index in [-0.39, 0.29) is 48.2 Å². The van der Waals surface area contributed by atoms with E-state index in [1.165, 1.54) is 41.7 Å². The number of hydrogen-bond donors (Lipinski definition) is 2. The summed E-state index contributed by atoms with van der Waals surface area (Å²) in [6.45, 7) is 1.79. The third kappa shape index (κ3) is 4.35. The Labute approximate surface area is 180 Å². The average Bonchev–Trinajstić information content (AvgIpc) is 3.38. The molecule has 1 aliphatic carbocycles.